The van der Waals surface area contributed by atoms with Crippen molar-refractivity contribution in [3.05, 3.63) is 101 Å². The number of hydrogen-bond donors (Lipinski definition) is 0. The summed E-state index contributed by atoms with van der Waals surface area (Å²) in [6.45, 7) is -0.00790. The van der Waals surface area contributed by atoms with Crippen molar-refractivity contribution in [1.82, 2.24) is 4.90 Å². The average molecular weight is 385 g/mol. The summed E-state index contributed by atoms with van der Waals surface area (Å²) < 4.78 is 5.54. The predicted octanol–water partition coefficient (Wildman–Crippen LogP) is 3.87. The molecule has 0 N–H and O–H groups in total. The average Bonchev–Trinajstić information content (AvgIpc) is 2.99. The summed E-state index contributed by atoms with van der Waals surface area (Å²) in [6.07, 6.45) is 0.577. The second kappa shape index (κ2) is 8.10. The molecule has 29 heavy (non-hydrogen) atoms. The van der Waals surface area contributed by atoms with Gasteiger partial charge in [-0.1, -0.05) is 60.7 Å². The van der Waals surface area contributed by atoms with Crippen LogP contribution in [0.25, 0.3) is 0 Å². The number of esters is 1. The Labute approximate surface area is 168 Å². The molecule has 0 bridgehead atoms. The van der Waals surface area contributed by atoms with Crippen LogP contribution in [-0.2, 0) is 11.2 Å². The summed E-state index contributed by atoms with van der Waals surface area (Å²) in [5, 5.41) is 0. The summed E-state index contributed by atoms with van der Waals surface area (Å²) in [4.78, 5) is 38.3. The van der Waals surface area contributed by atoms with Crippen molar-refractivity contribution in [2.45, 2.75) is 12.8 Å². The highest BCUT2D eigenvalue weighted by Gasteiger charge is 2.35. The second-order valence-electron chi connectivity index (χ2n) is 6.80. The van der Waals surface area contributed by atoms with Crippen molar-refractivity contribution in [3.8, 4) is 5.75 Å². The van der Waals surface area contributed by atoms with Crippen LogP contribution in [0.15, 0.2) is 78.9 Å². The number of carbonyl (C=O) groups is 3. The van der Waals surface area contributed by atoms with E-state index in [1.807, 2.05) is 42.5 Å². The smallest absolute Gasteiger partial charge is 0.313 e. The van der Waals surface area contributed by atoms with Gasteiger partial charge in [-0.15, -0.1) is 0 Å². The Bertz CT molecular complexity index is 1040. The van der Waals surface area contributed by atoms with E-state index in [-0.39, 0.29) is 24.8 Å². The highest BCUT2D eigenvalue weighted by molar-refractivity contribution is 6.21. The topological polar surface area (TPSA) is 63.7 Å². The highest BCUT2D eigenvalue weighted by Crippen LogP contribution is 2.24. The third-order valence-electron chi connectivity index (χ3n) is 4.85. The van der Waals surface area contributed by atoms with Gasteiger partial charge < -0.3 is 4.74 Å². The Balaban J connectivity index is 1.40. The number of ether oxygens (including phenoxy) is 1. The van der Waals surface area contributed by atoms with Crippen molar-refractivity contribution in [3.63, 3.8) is 0 Å². The van der Waals surface area contributed by atoms with Gasteiger partial charge in [0, 0.05) is 13.0 Å². The summed E-state index contributed by atoms with van der Waals surface area (Å²) in [6, 6.07) is 23.9. The molecule has 4 rings (SSSR count). The van der Waals surface area contributed by atoms with Crippen LogP contribution in [0.2, 0.25) is 0 Å². The van der Waals surface area contributed by atoms with Crippen LogP contribution >= 0.6 is 0 Å². The van der Waals surface area contributed by atoms with Crippen LogP contribution in [0.4, 0.5) is 0 Å². The SMILES string of the molecule is O=C(CCN1C(=O)c2ccccc2C1=O)Oc1ccccc1Cc1ccccc1. The van der Waals surface area contributed by atoms with E-state index < -0.39 is 5.97 Å². The van der Waals surface area contributed by atoms with Gasteiger partial charge in [0.15, 0.2) is 0 Å². The number of hydrogen-bond acceptors (Lipinski definition) is 4. The number of para-hydroxylation sites is 1. The van der Waals surface area contributed by atoms with Crippen LogP contribution in [0.1, 0.15) is 38.3 Å². The summed E-state index contributed by atoms with van der Waals surface area (Å²) in [5.41, 5.74) is 2.76. The van der Waals surface area contributed by atoms with Gasteiger partial charge in [0.1, 0.15) is 5.75 Å². The van der Waals surface area contributed by atoms with E-state index in [0.29, 0.717) is 23.3 Å². The Morgan fingerprint density at radius 3 is 2.03 bits per heavy atom. The zero-order valence-corrected chi connectivity index (χ0v) is 15.7. The number of benzene rings is 3. The maximum absolute atomic E-state index is 12.4. The zero-order valence-electron chi connectivity index (χ0n) is 15.7. The molecule has 2 amide bonds. The Hall–Kier alpha value is -3.73. The molecule has 0 atom stereocenters. The van der Waals surface area contributed by atoms with E-state index in [1.54, 1.807) is 36.4 Å². The second-order valence-corrected chi connectivity index (χ2v) is 6.80. The van der Waals surface area contributed by atoms with Crippen molar-refractivity contribution >= 4 is 17.8 Å². The number of amides is 2. The van der Waals surface area contributed by atoms with Crippen LogP contribution in [-0.4, -0.2) is 29.2 Å². The van der Waals surface area contributed by atoms with E-state index in [2.05, 4.69) is 0 Å². The lowest BCUT2D eigenvalue weighted by Gasteiger charge is -2.14. The number of nitrogens with zero attached hydrogens (tertiary/aromatic N) is 1. The molecule has 1 heterocycles. The molecule has 1 aliphatic rings. The lowest BCUT2D eigenvalue weighted by Crippen LogP contribution is -2.32. The fourth-order valence-electron chi connectivity index (χ4n) is 3.38. The van der Waals surface area contributed by atoms with Gasteiger partial charge in [-0.05, 0) is 29.3 Å². The first-order valence-corrected chi connectivity index (χ1v) is 9.41. The van der Waals surface area contributed by atoms with Crippen molar-refractivity contribution in [2.24, 2.45) is 0 Å². The Kier molecular flexibility index (Phi) is 5.20. The third kappa shape index (κ3) is 3.94. The van der Waals surface area contributed by atoms with Gasteiger partial charge >= 0.3 is 5.97 Å². The summed E-state index contributed by atoms with van der Waals surface area (Å²) in [7, 11) is 0. The number of imide groups is 1. The highest BCUT2D eigenvalue weighted by atomic mass is 16.5. The molecular formula is C24H19NO4. The van der Waals surface area contributed by atoms with Gasteiger partial charge in [-0.2, -0.15) is 0 Å². The summed E-state index contributed by atoms with van der Waals surface area (Å²) in [5.74, 6) is -0.739. The molecule has 0 radical (unpaired) electrons. The summed E-state index contributed by atoms with van der Waals surface area (Å²) >= 11 is 0. The van der Waals surface area contributed by atoms with E-state index in [4.69, 9.17) is 4.74 Å². The van der Waals surface area contributed by atoms with Crippen molar-refractivity contribution in [1.29, 1.82) is 0 Å². The van der Waals surface area contributed by atoms with Gasteiger partial charge in [0.2, 0.25) is 0 Å². The molecule has 5 heteroatoms. The molecule has 0 aromatic heterocycles. The van der Waals surface area contributed by atoms with E-state index in [9.17, 15) is 14.4 Å². The van der Waals surface area contributed by atoms with Gasteiger partial charge in [0.05, 0.1) is 17.5 Å². The van der Waals surface area contributed by atoms with Crippen LogP contribution in [0.3, 0.4) is 0 Å². The molecule has 0 fully saturated rings. The lowest BCUT2D eigenvalue weighted by atomic mass is 10.0. The minimum atomic E-state index is -0.484. The first kappa shape index (κ1) is 18.6. The minimum absolute atomic E-state index is 0.00790. The first-order chi connectivity index (χ1) is 14.1. The molecular weight excluding hydrogens is 366 g/mol. The maximum Gasteiger partial charge on any atom is 0.313 e. The first-order valence-electron chi connectivity index (χ1n) is 9.41. The quantitative estimate of drug-likeness (QED) is 0.367. The predicted molar refractivity (Wildman–Crippen MR) is 108 cm³/mol. The Morgan fingerprint density at radius 1 is 0.759 bits per heavy atom. The van der Waals surface area contributed by atoms with Crippen LogP contribution < -0.4 is 4.74 Å². The molecule has 3 aromatic carbocycles. The van der Waals surface area contributed by atoms with Gasteiger partial charge in [-0.25, -0.2) is 0 Å². The number of rotatable bonds is 6. The van der Waals surface area contributed by atoms with E-state index in [1.165, 1.54) is 0 Å². The molecule has 0 saturated carbocycles. The molecule has 0 spiro atoms. The molecule has 1 aliphatic heterocycles. The normalized spacial score (nSPS) is 12.8. The fraction of sp³-hybridized carbons (Fsp3) is 0.125. The monoisotopic (exact) mass is 385 g/mol. The molecule has 0 aliphatic carbocycles. The molecule has 0 unspecified atom stereocenters. The van der Waals surface area contributed by atoms with E-state index >= 15 is 0 Å². The number of carbonyl (C=O) groups excluding carboxylic acids is 3. The third-order valence-corrected chi connectivity index (χ3v) is 4.85. The number of fused-ring (bicyclic) bond motifs is 1. The largest absolute Gasteiger partial charge is 0.426 e. The molecule has 3 aromatic rings. The van der Waals surface area contributed by atoms with Crippen LogP contribution in [0, 0.1) is 0 Å². The molecule has 0 saturated heterocycles. The van der Waals surface area contributed by atoms with Crippen molar-refractivity contribution in [2.75, 3.05) is 6.54 Å². The maximum atomic E-state index is 12.4. The molecule has 144 valence electrons. The van der Waals surface area contributed by atoms with Crippen molar-refractivity contribution < 1.29 is 19.1 Å². The zero-order chi connectivity index (χ0) is 20.2. The fourth-order valence-corrected chi connectivity index (χ4v) is 3.38. The standard InChI is InChI=1S/C24H19NO4/c26-22(14-15-25-23(27)19-11-5-6-12-20(19)24(25)28)29-21-13-7-4-10-18(21)16-17-8-2-1-3-9-17/h1-13H,14-16H2. The Morgan fingerprint density at radius 2 is 1.34 bits per heavy atom. The van der Waals surface area contributed by atoms with Gasteiger partial charge in [0.25, 0.3) is 11.8 Å². The van der Waals surface area contributed by atoms with E-state index in [0.717, 1.165) is 16.0 Å². The molecule has 5 nitrogen and oxygen atoms in total. The minimum Gasteiger partial charge on any atom is -0.426 e. The van der Waals surface area contributed by atoms with Gasteiger partial charge in [-0.3, -0.25) is 19.3 Å². The van der Waals surface area contributed by atoms with Crippen LogP contribution in [0.5, 0.6) is 5.75 Å². The lowest BCUT2D eigenvalue weighted by molar-refractivity contribution is -0.134.